The second kappa shape index (κ2) is 43.4. The molecule has 0 aliphatic heterocycles. The summed E-state index contributed by atoms with van der Waals surface area (Å²) >= 11 is 0. The molecular weight excluding hydrogens is 702 g/mol. The van der Waals surface area contributed by atoms with Crippen molar-refractivity contribution in [3.05, 3.63) is 0 Å². The molecule has 0 spiro atoms. The monoisotopic (exact) mass is 798 g/mol. The van der Waals surface area contributed by atoms with Crippen LogP contribution >= 0.6 is 0 Å². The van der Waals surface area contributed by atoms with Gasteiger partial charge < -0.3 is 19.5 Å². The molecule has 0 bridgehead atoms. The van der Waals surface area contributed by atoms with Gasteiger partial charge in [-0.1, -0.05) is 175 Å². The number of unbranched alkanes of at least 4 members (excludes halogenated alkanes) is 23. The van der Waals surface area contributed by atoms with Gasteiger partial charge >= 0.3 is 11.9 Å². The second-order valence-electron chi connectivity index (χ2n) is 17.6. The number of nitrogens with zero attached hydrogens (tertiary/aromatic N) is 1. The highest BCUT2D eigenvalue weighted by atomic mass is 19.1. The van der Waals surface area contributed by atoms with E-state index in [1.807, 2.05) is 6.92 Å². The zero-order valence-electron chi connectivity index (χ0n) is 37.9. The third kappa shape index (κ3) is 38.3. The van der Waals surface area contributed by atoms with Gasteiger partial charge in [0, 0.05) is 6.61 Å². The third-order valence-corrected chi connectivity index (χ3v) is 11.6. The van der Waals surface area contributed by atoms with Crippen LogP contribution in [-0.2, 0) is 19.1 Å². The zero-order chi connectivity index (χ0) is 41.2. The number of carbonyl (C=O) groups excluding carboxylic acids is 2. The molecule has 6 nitrogen and oxygen atoms in total. The lowest BCUT2D eigenvalue weighted by molar-refractivity contribution is -0.149. The van der Waals surface area contributed by atoms with Crippen LogP contribution in [0.15, 0.2) is 0 Å². The second-order valence-corrected chi connectivity index (χ2v) is 17.6. The SMILES string of the molecule is CCCCCCCCC(CCCCCCCCF)C(=O)OCCCCCCCN(CCCCO)CCCCCCCOC(=O)C(C)CCCCCCCC(C)C. The quantitative estimate of drug-likeness (QED) is 0.0488. The summed E-state index contributed by atoms with van der Waals surface area (Å²) < 4.78 is 23.8. The fraction of sp³-hybridized carbons (Fsp3) is 0.959. The highest BCUT2D eigenvalue weighted by Gasteiger charge is 2.19. The molecule has 0 aliphatic carbocycles. The number of hydrogen-bond acceptors (Lipinski definition) is 6. The molecule has 0 saturated carbocycles. The molecule has 0 aliphatic rings. The van der Waals surface area contributed by atoms with Crippen LogP contribution in [0.3, 0.4) is 0 Å². The van der Waals surface area contributed by atoms with Crippen LogP contribution in [0.1, 0.15) is 240 Å². The summed E-state index contributed by atoms with van der Waals surface area (Å²) in [6.07, 6.45) is 37.2. The van der Waals surface area contributed by atoms with Crippen molar-refractivity contribution in [2.45, 2.75) is 240 Å². The predicted octanol–water partition coefficient (Wildman–Crippen LogP) is 14.1. The number of ether oxygens (including phenoxy) is 2. The van der Waals surface area contributed by atoms with Crippen molar-refractivity contribution in [3.8, 4) is 0 Å². The first-order chi connectivity index (χ1) is 27.3. The van der Waals surface area contributed by atoms with Crippen LogP contribution in [0, 0.1) is 17.8 Å². The van der Waals surface area contributed by atoms with E-state index >= 15 is 0 Å². The fourth-order valence-electron chi connectivity index (χ4n) is 7.72. The highest BCUT2D eigenvalue weighted by Crippen LogP contribution is 2.22. The highest BCUT2D eigenvalue weighted by molar-refractivity contribution is 5.72. The number of halogens is 1. The van der Waals surface area contributed by atoms with Gasteiger partial charge in [-0.05, 0) is 89.8 Å². The van der Waals surface area contributed by atoms with Crippen molar-refractivity contribution >= 4 is 11.9 Å². The lowest BCUT2D eigenvalue weighted by Crippen LogP contribution is -2.27. The van der Waals surface area contributed by atoms with E-state index in [0.717, 1.165) is 128 Å². The first-order valence-electron chi connectivity index (χ1n) is 24.6. The van der Waals surface area contributed by atoms with Gasteiger partial charge in [-0.15, -0.1) is 0 Å². The molecular formula is C49H96FNO5. The largest absolute Gasteiger partial charge is 0.465 e. The van der Waals surface area contributed by atoms with Crippen molar-refractivity contribution in [2.24, 2.45) is 17.8 Å². The molecule has 334 valence electrons. The molecule has 0 heterocycles. The Morgan fingerprint density at radius 1 is 0.482 bits per heavy atom. The summed E-state index contributed by atoms with van der Waals surface area (Å²) in [5.41, 5.74) is 0. The lowest BCUT2D eigenvalue weighted by Gasteiger charge is -2.22. The molecule has 2 unspecified atom stereocenters. The molecule has 0 saturated heterocycles. The molecule has 0 rings (SSSR count). The number of aliphatic hydroxyl groups is 1. The Morgan fingerprint density at radius 3 is 1.36 bits per heavy atom. The van der Waals surface area contributed by atoms with E-state index in [-0.39, 0.29) is 37.1 Å². The van der Waals surface area contributed by atoms with Crippen molar-refractivity contribution in [1.82, 2.24) is 4.90 Å². The van der Waals surface area contributed by atoms with Gasteiger partial charge in [0.05, 0.1) is 31.7 Å². The van der Waals surface area contributed by atoms with Crippen LogP contribution in [0.4, 0.5) is 4.39 Å². The maximum Gasteiger partial charge on any atom is 0.308 e. The summed E-state index contributed by atoms with van der Waals surface area (Å²) in [6, 6.07) is 0. The average molecular weight is 798 g/mol. The van der Waals surface area contributed by atoms with E-state index in [4.69, 9.17) is 9.47 Å². The molecule has 0 aromatic heterocycles. The van der Waals surface area contributed by atoms with Crippen LogP contribution < -0.4 is 0 Å². The molecule has 0 amide bonds. The number of aliphatic hydroxyl groups excluding tert-OH is 1. The van der Waals surface area contributed by atoms with E-state index < -0.39 is 0 Å². The van der Waals surface area contributed by atoms with Gasteiger partial charge in [-0.25, -0.2) is 0 Å². The molecule has 7 heteroatoms. The summed E-state index contributed by atoms with van der Waals surface area (Å²) in [6.45, 7) is 13.3. The summed E-state index contributed by atoms with van der Waals surface area (Å²) in [7, 11) is 0. The van der Waals surface area contributed by atoms with Gasteiger partial charge in [0.1, 0.15) is 0 Å². The van der Waals surface area contributed by atoms with Crippen molar-refractivity contribution in [1.29, 1.82) is 0 Å². The first-order valence-corrected chi connectivity index (χ1v) is 24.6. The molecule has 1 N–H and O–H groups in total. The Hall–Kier alpha value is -1.21. The number of alkyl halides is 1. The Labute approximate surface area is 348 Å². The number of carbonyl (C=O) groups is 2. The standard InChI is InChI=1S/C49H96FNO5/c1-5-6-7-8-16-25-36-47(37-26-17-9-10-18-27-38-50)49(54)56-44-33-22-13-20-29-40-51(41-30-31-42-52)39-28-19-12-21-32-43-55-48(53)46(4)35-24-15-11-14-23-34-45(2)3/h45-47,52H,5-44H2,1-4H3. The number of esters is 2. The van der Waals surface area contributed by atoms with Gasteiger partial charge in [0.2, 0.25) is 0 Å². The topological polar surface area (TPSA) is 76.1 Å². The van der Waals surface area contributed by atoms with E-state index in [0.29, 0.717) is 19.6 Å². The fourth-order valence-corrected chi connectivity index (χ4v) is 7.72. The Balaban J connectivity index is 4.14. The van der Waals surface area contributed by atoms with Gasteiger partial charge in [0.25, 0.3) is 0 Å². The predicted molar refractivity (Wildman–Crippen MR) is 237 cm³/mol. The van der Waals surface area contributed by atoms with Gasteiger partial charge in [-0.2, -0.15) is 0 Å². The zero-order valence-corrected chi connectivity index (χ0v) is 37.9. The Morgan fingerprint density at radius 2 is 0.875 bits per heavy atom. The van der Waals surface area contributed by atoms with Crippen molar-refractivity contribution in [3.63, 3.8) is 0 Å². The number of hydrogen-bond donors (Lipinski definition) is 1. The third-order valence-electron chi connectivity index (χ3n) is 11.6. The van der Waals surface area contributed by atoms with Gasteiger partial charge in [-0.3, -0.25) is 14.0 Å². The summed E-state index contributed by atoms with van der Waals surface area (Å²) in [5.74, 6) is 0.856. The normalized spacial score (nSPS) is 12.8. The van der Waals surface area contributed by atoms with E-state index in [2.05, 4.69) is 25.7 Å². The smallest absolute Gasteiger partial charge is 0.308 e. The minimum Gasteiger partial charge on any atom is -0.465 e. The Kier molecular flexibility index (Phi) is 42.4. The van der Waals surface area contributed by atoms with E-state index in [9.17, 15) is 19.1 Å². The number of rotatable bonds is 45. The van der Waals surface area contributed by atoms with Crippen LogP contribution in [0.25, 0.3) is 0 Å². The van der Waals surface area contributed by atoms with Crippen LogP contribution in [0.5, 0.6) is 0 Å². The minimum absolute atomic E-state index is 0.0154. The maximum atomic E-state index is 13.0. The Bertz CT molecular complexity index is 826. The molecule has 56 heavy (non-hydrogen) atoms. The van der Waals surface area contributed by atoms with E-state index in [1.54, 1.807) is 0 Å². The minimum atomic E-state index is -0.208. The summed E-state index contributed by atoms with van der Waals surface area (Å²) in [4.78, 5) is 28.0. The molecule has 0 aromatic carbocycles. The van der Waals surface area contributed by atoms with Crippen molar-refractivity contribution < 1.29 is 28.6 Å². The van der Waals surface area contributed by atoms with Crippen LogP contribution in [-0.4, -0.2) is 68.1 Å². The van der Waals surface area contributed by atoms with Crippen molar-refractivity contribution in [2.75, 3.05) is 46.1 Å². The first kappa shape index (κ1) is 54.8. The molecule has 0 fully saturated rings. The maximum absolute atomic E-state index is 13.0. The molecule has 0 aromatic rings. The lowest BCUT2D eigenvalue weighted by atomic mass is 9.94. The van der Waals surface area contributed by atoms with Gasteiger partial charge in [0.15, 0.2) is 0 Å². The van der Waals surface area contributed by atoms with Crippen LogP contribution in [0.2, 0.25) is 0 Å². The summed E-state index contributed by atoms with van der Waals surface area (Å²) in [5, 5.41) is 9.30. The molecule has 2 atom stereocenters. The van der Waals surface area contributed by atoms with E-state index in [1.165, 1.54) is 103 Å². The molecule has 0 radical (unpaired) electrons. The average Bonchev–Trinajstić information content (AvgIpc) is 3.18.